The van der Waals surface area contributed by atoms with Crippen LogP contribution in [0.3, 0.4) is 0 Å². The number of hydrogen-bond acceptors (Lipinski definition) is 4. The van der Waals surface area contributed by atoms with E-state index in [4.69, 9.17) is 0 Å². The number of rotatable bonds is 3. The van der Waals surface area contributed by atoms with Crippen molar-refractivity contribution in [3.05, 3.63) is 47.2 Å². The lowest BCUT2D eigenvalue weighted by molar-refractivity contribution is 0.251. The maximum Gasteiger partial charge on any atom is 0.319 e. The normalized spacial score (nSPS) is 10.7. The van der Waals surface area contributed by atoms with Crippen LogP contribution in [0, 0.1) is 6.92 Å². The maximum atomic E-state index is 11.7. The Balaban J connectivity index is 1.58. The minimum absolute atomic E-state index is 0.250. The largest absolute Gasteiger partial charge is 0.331 e. The molecule has 1 aromatic carbocycles. The first kappa shape index (κ1) is 12.6. The van der Waals surface area contributed by atoms with E-state index in [0.29, 0.717) is 6.54 Å². The number of amides is 2. The van der Waals surface area contributed by atoms with Gasteiger partial charge in [-0.25, -0.2) is 14.3 Å². The van der Waals surface area contributed by atoms with E-state index in [1.165, 1.54) is 11.3 Å². The standard InChI is InChI=1S/C13H13N5OS/c1-9-8-18-13(15-9)20-11(17-18)7-14-12(19)16-10-5-3-2-4-6-10/h2-6,8H,7H2,1H3,(H2,14,16,19). The predicted molar refractivity (Wildman–Crippen MR) is 77.9 cm³/mol. The molecule has 0 unspecified atom stereocenters. The van der Waals surface area contributed by atoms with Crippen LogP contribution in [0.25, 0.3) is 4.96 Å². The highest BCUT2D eigenvalue weighted by Crippen LogP contribution is 2.14. The number of aryl methyl sites for hydroxylation is 1. The summed E-state index contributed by atoms with van der Waals surface area (Å²) in [5.41, 5.74) is 1.69. The fourth-order valence-electron chi connectivity index (χ4n) is 1.77. The van der Waals surface area contributed by atoms with Gasteiger partial charge in [-0.1, -0.05) is 29.5 Å². The van der Waals surface area contributed by atoms with Crippen LogP contribution in [0.2, 0.25) is 0 Å². The minimum atomic E-state index is -0.250. The van der Waals surface area contributed by atoms with Crippen molar-refractivity contribution in [2.75, 3.05) is 5.32 Å². The summed E-state index contributed by atoms with van der Waals surface area (Å²) in [6.45, 7) is 2.30. The van der Waals surface area contributed by atoms with Crippen LogP contribution in [-0.2, 0) is 6.54 Å². The molecular formula is C13H13N5OS. The number of hydrogen-bond donors (Lipinski definition) is 2. The molecular weight excluding hydrogens is 274 g/mol. The van der Waals surface area contributed by atoms with Crippen LogP contribution in [0.4, 0.5) is 10.5 Å². The number of urea groups is 1. The molecule has 2 amide bonds. The Morgan fingerprint density at radius 1 is 1.35 bits per heavy atom. The van der Waals surface area contributed by atoms with Gasteiger partial charge in [0.15, 0.2) is 0 Å². The Kier molecular flexibility index (Phi) is 3.34. The van der Waals surface area contributed by atoms with E-state index in [1.54, 1.807) is 4.52 Å². The van der Waals surface area contributed by atoms with E-state index in [-0.39, 0.29) is 6.03 Å². The van der Waals surface area contributed by atoms with Gasteiger partial charge in [-0.05, 0) is 19.1 Å². The maximum absolute atomic E-state index is 11.7. The van der Waals surface area contributed by atoms with Gasteiger partial charge in [0.2, 0.25) is 4.96 Å². The lowest BCUT2D eigenvalue weighted by Gasteiger charge is -2.05. The second kappa shape index (κ2) is 5.30. The van der Waals surface area contributed by atoms with Crippen LogP contribution in [0.15, 0.2) is 36.5 Å². The Morgan fingerprint density at radius 2 is 2.15 bits per heavy atom. The number of benzene rings is 1. The number of para-hydroxylation sites is 1. The molecule has 0 atom stereocenters. The van der Waals surface area contributed by atoms with Gasteiger partial charge in [0.05, 0.1) is 18.4 Å². The molecule has 0 fully saturated rings. The van der Waals surface area contributed by atoms with E-state index in [0.717, 1.165) is 21.3 Å². The summed E-state index contributed by atoms with van der Waals surface area (Å²) in [5, 5.41) is 10.7. The molecule has 0 radical (unpaired) electrons. The lowest BCUT2D eigenvalue weighted by Crippen LogP contribution is -2.28. The van der Waals surface area contributed by atoms with Gasteiger partial charge >= 0.3 is 6.03 Å². The first-order valence-corrected chi connectivity index (χ1v) is 6.94. The highest BCUT2D eigenvalue weighted by molar-refractivity contribution is 7.16. The van der Waals surface area contributed by atoms with Gasteiger partial charge in [0.1, 0.15) is 5.01 Å². The van der Waals surface area contributed by atoms with Crippen molar-refractivity contribution >= 4 is 28.0 Å². The van der Waals surface area contributed by atoms with Crippen molar-refractivity contribution in [2.45, 2.75) is 13.5 Å². The molecule has 0 saturated carbocycles. The summed E-state index contributed by atoms with van der Waals surface area (Å²) in [4.78, 5) is 16.9. The molecule has 2 N–H and O–H groups in total. The summed E-state index contributed by atoms with van der Waals surface area (Å²) in [6.07, 6.45) is 1.86. The second-order valence-electron chi connectivity index (χ2n) is 4.28. The highest BCUT2D eigenvalue weighted by atomic mass is 32.1. The minimum Gasteiger partial charge on any atom is -0.331 e. The fraction of sp³-hybridized carbons (Fsp3) is 0.154. The molecule has 3 aromatic rings. The fourth-order valence-corrected chi connectivity index (χ4v) is 2.64. The molecule has 0 aliphatic heterocycles. The first-order chi connectivity index (χ1) is 9.70. The molecule has 7 heteroatoms. The summed E-state index contributed by atoms with van der Waals surface area (Å²) < 4.78 is 1.73. The van der Waals surface area contributed by atoms with E-state index >= 15 is 0 Å². The molecule has 0 aliphatic rings. The number of carbonyl (C=O) groups excluding carboxylic acids is 1. The van der Waals surface area contributed by atoms with Crippen LogP contribution >= 0.6 is 11.3 Å². The number of anilines is 1. The van der Waals surface area contributed by atoms with Crippen LogP contribution in [-0.4, -0.2) is 20.6 Å². The lowest BCUT2D eigenvalue weighted by atomic mass is 10.3. The average Bonchev–Trinajstić information content (AvgIpc) is 2.94. The Bertz CT molecular complexity index is 702. The molecule has 3 rings (SSSR count). The summed E-state index contributed by atoms with van der Waals surface area (Å²) in [7, 11) is 0. The topological polar surface area (TPSA) is 71.3 Å². The van der Waals surface area contributed by atoms with Crippen LogP contribution < -0.4 is 10.6 Å². The van der Waals surface area contributed by atoms with Gasteiger partial charge in [0.25, 0.3) is 0 Å². The molecule has 2 aromatic heterocycles. The summed E-state index contributed by atoms with van der Waals surface area (Å²) in [5.74, 6) is 0. The van der Waals surface area contributed by atoms with Gasteiger partial charge in [-0.2, -0.15) is 5.10 Å². The molecule has 0 bridgehead atoms. The van der Waals surface area contributed by atoms with Gasteiger partial charge in [0, 0.05) is 5.69 Å². The van der Waals surface area contributed by atoms with Crippen molar-refractivity contribution in [1.29, 1.82) is 0 Å². The highest BCUT2D eigenvalue weighted by Gasteiger charge is 2.07. The van der Waals surface area contributed by atoms with Gasteiger partial charge < -0.3 is 10.6 Å². The third-order valence-corrected chi connectivity index (χ3v) is 3.56. The van der Waals surface area contributed by atoms with E-state index in [9.17, 15) is 4.79 Å². The Morgan fingerprint density at radius 3 is 2.90 bits per heavy atom. The third kappa shape index (κ3) is 2.77. The zero-order valence-electron chi connectivity index (χ0n) is 10.8. The molecule has 20 heavy (non-hydrogen) atoms. The van der Waals surface area contributed by atoms with Crippen molar-refractivity contribution in [3.8, 4) is 0 Å². The molecule has 102 valence electrons. The van der Waals surface area contributed by atoms with Crippen LogP contribution in [0.5, 0.6) is 0 Å². The number of nitrogens with one attached hydrogen (secondary N) is 2. The number of carbonyl (C=O) groups is 1. The SMILES string of the molecule is Cc1cn2nc(CNC(=O)Nc3ccccc3)sc2n1. The molecule has 6 nitrogen and oxygen atoms in total. The number of imidazole rings is 1. The molecule has 0 saturated heterocycles. The zero-order chi connectivity index (χ0) is 13.9. The third-order valence-electron chi connectivity index (χ3n) is 2.64. The van der Waals surface area contributed by atoms with E-state index < -0.39 is 0 Å². The van der Waals surface area contributed by atoms with E-state index in [1.807, 2.05) is 43.5 Å². The Hall–Kier alpha value is -2.41. The number of nitrogens with zero attached hydrogens (tertiary/aromatic N) is 3. The predicted octanol–water partition coefficient (Wildman–Crippen LogP) is 2.42. The quantitative estimate of drug-likeness (QED) is 0.777. The number of aromatic nitrogens is 3. The van der Waals surface area contributed by atoms with Crippen molar-refractivity contribution in [3.63, 3.8) is 0 Å². The van der Waals surface area contributed by atoms with Crippen molar-refractivity contribution in [2.24, 2.45) is 0 Å². The summed E-state index contributed by atoms with van der Waals surface area (Å²) in [6, 6.07) is 9.05. The van der Waals surface area contributed by atoms with Crippen molar-refractivity contribution < 1.29 is 4.79 Å². The second-order valence-corrected chi connectivity index (χ2v) is 5.32. The van der Waals surface area contributed by atoms with Gasteiger partial charge in [-0.3, -0.25) is 0 Å². The van der Waals surface area contributed by atoms with Crippen LogP contribution in [0.1, 0.15) is 10.7 Å². The molecule has 2 heterocycles. The first-order valence-electron chi connectivity index (χ1n) is 6.12. The van der Waals surface area contributed by atoms with Crippen molar-refractivity contribution in [1.82, 2.24) is 19.9 Å². The average molecular weight is 287 g/mol. The monoisotopic (exact) mass is 287 g/mol. The van der Waals surface area contributed by atoms with Gasteiger partial charge in [-0.15, -0.1) is 0 Å². The Labute approximate surface area is 119 Å². The summed E-state index contributed by atoms with van der Waals surface area (Å²) >= 11 is 1.46. The molecule has 0 aliphatic carbocycles. The zero-order valence-corrected chi connectivity index (χ0v) is 11.6. The molecule has 0 spiro atoms. The van der Waals surface area contributed by atoms with E-state index in [2.05, 4.69) is 20.7 Å². The number of fused-ring (bicyclic) bond motifs is 1. The smallest absolute Gasteiger partial charge is 0.319 e.